The first-order chi connectivity index (χ1) is 11.5. The topological polar surface area (TPSA) is 74.9 Å². The van der Waals surface area contributed by atoms with E-state index in [1.165, 1.54) is 35.9 Å². The average molecular weight is 321 g/mol. The van der Waals surface area contributed by atoms with Crippen molar-refractivity contribution in [3.63, 3.8) is 0 Å². The molecule has 1 aromatic heterocycles. The number of benzene rings is 2. The second kappa shape index (κ2) is 5.97. The third-order valence-corrected chi connectivity index (χ3v) is 3.65. The summed E-state index contributed by atoms with van der Waals surface area (Å²) in [4.78, 5) is 24.3. The maximum Gasteiger partial charge on any atom is 0.257 e. The van der Waals surface area contributed by atoms with Crippen molar-refractivity contribution in [2.45, 2.75) is 6.92 Å². The maximum atomic E-state index is 13.6. The highest BCUT2D eigenvalue weighted by Crippen LogP contribution is 2.24. The van der Waals surface area contributed by atoms with Gasteiger partial charge in [-0.2, -0.15) is 5.26 Å². The van der Waals surface area contributed by atoms with Gasteiger partial charge in [0, 0.05) is 18.5 Å². The molecule has 1 heterocycles. The van der Waals surface area contributed by atoms with Gasteiger partial charge in [-0.05, 0) is 30.3 Å². The number of rotatable bonds is 2. The number of carbonyl (C=O) groups is 2. The van der Waals surface area contributed by atoms with Crippen LogP contribution in [0.15, 0.2) is 48.7 Å². The quantitative estimate of drug-likeness (QED) is 0.784. The summed E-state index contributed by atoms with van der Waals surface area (Å²) in [5, 5.41) is 12.1. The lowest BCUT2D eigenvalue weighted by Crippen LogP contribution is -2.13. The van der Waals surface area contributed by atoms with Crippen LogP contribution in [0, 0.1) is 17.1 Å². The number of para-hydroxylation sites is 1. The molecule has 0 aliphatic heterocycles. The number of hydrogen-bond donors (Lipinski definition) is 1. The Morgan fingerprint density at radius 3 is 2.67 bits per heavy atom. The molecule has 0 fully saturated rings. The fourth-order valence-electron chi connectivity index (χ4n) is 2.52. The van der Waals surface area contributed by atoms with E-state index in [1.807, 2.05) is 6.07 Å². The summed E-state index contributed by atoms with van der Waals surface area (Å²) in [5.74, 6) is -1.31. The number of hydrogen-bond acceptors (Lipinski definition) is 3. The molecule has 3 aromatic rings. The Balaban J connectivity index is 2.09. The van der Waals surface area contributed by atoms with Gasteiger partial charge in [0.2, 0.25) is 5.91 Å². The molecule has 0 saturated carbocycles. The van der Waals surface area contributed by atoms with E-state index in [4.69, 9.17) is 5.26 Å². The highest BCUT2D eigenvalue weighted by Gasteiger charge is 2.18. The molecule has 3 rings (SSSR count). The number of nitrogens with zero attached hydrogens (tertiary/aromatic N) is 2. The molecule has 0 saturated heterocycles. The van der Waals surface area contributed by atoms with Crippen molar-refractivity contribution >= 4 is 28.4 Å². The van der Waals surface area contributed by atoms with Gasteiger partial charge in [0.25, 0.3) is 5.91 Å². The van der Waals surface area contributed by atoms with Crippen molar-refractivity contribution in [3.05, 3.63) is 65.6 Å². The lowest BCUT2D eigenvalue weighted by atomic mass is 10.1. The normalized spacial score (nSPS) is 10.4. The van der Waals surface area contributed by atoms with E-state index in [0.717, 1.165) is 0 Å². The van der Waals surface area contributed by atoms with E-state index in [1.54, 1.807) is 24.3 Å². The standard InChI is InChI=1S/C18H12FN3O2/c1-11(23)22-10-15(14-8-13(19)6-7-17(14)22)18(24)21-16-5-3-2-4-12(16)9-20/h2-8,10H,1H3,(H,21,24). The van der Waals surface area contributed by atoms with Crippen LogP contribution >= 0.6 is 0 Å². The molecule has 0 spiro atoms. The Labute approximate surface area is 136 Å². The largest absolute Gasteiger partial charge is 0.321 e. The van der Waals surface area contributed by atoms with Crippen LogP contribution < -0.4 is 5.32 Å². The van der Waals surface area contributed by atoms with Crippen LogP contribution in [0.3, 0.4) is 0 Å². The van der Waals surface area contributed by atoms with E-state index in [2.05, 4.69) is 5.32 Å². The van der Waals surface area contributed by atoms with Gasteiger partial charge in [-0.1, -0.05) is 12.1 Å². The molecule has 24 heavy (non-hydrogen) atoms. The molecule has 0 unspecified atom stereocenters. The van der Waals surface area contributed by atoms with Crippen LogP contribution in [0.4, 0.5) is 10.1 Å². The molecule has 118 valence electrons. The van der Waals surface area contributed by atoms with Crippen molar-refractivity contribution in [3.8, 4) is 6.07 Å². The summed E-state index contributed by atoms with van der Waals surface area (Å²) in [6, 6.07) is 12.4. The number of fused-ring (bicyclic) bond motifs is 1. The zero-order chi connectivity index (χ0) is 17.3. The third kappa shape index (κ3) is 2.63. The molecule has 1 N–H and O–H groups in total. The Bertz CT molecular complexity index is 1010. The summed E-state index contributed by atoms with van der Waals surface area (Å²) in [6.45, 7) is 1.36. The molecule has 5 nitrogen and oxygen atoms in total. The molecule has 0 bridgehead atoms. The van der Waals surface area contributed by atoms with E-state index >= 15 is 0 Å². The Morgan fingerprint density at radius 2 is 1.96 bits per heavy atom. The minimum absolute atomic E-state index is 0.160. The van der Waals surface area contributed by atoms with Gasteiger partial charge in [0.05, 0.1) is 22.3 Å². The van der Waals surface area contributed by atoms with E-state index in [0.29, 0.717) is 22.2 Å². The molecule has 0 atom stereocenters. The van der Waals surface area contributed by atoms with Crippen LogP contribution in [0.1, 0.15) is 27.6 Å². The lowest BCUT2D eigenvalue weighted by Gasteiger charge is -2.06. The Morgan fingerprint density at radius 1 is 1.21 bits per heavy atom. The summed E-state index contributed by atoms with van der Waals surface area (Å²) < 4.78 is 14.9. The Hall–Kier alpha value is -3.46. The molecule has 0 aliphatic carbocycles. The Kier molecular flexibility index (Phi) is 3.84. The maximum absolute atomic E-state index is 13.6. The molecular weight excluding hydrogens is 309 g/mol. The summed E-state index contributed by atoms with van der Waals surface area (Å²) in [6.07, 6.45) is 1.37. The predicted octanol–water partition coefficient (Wildman–Crippen LogP) is 3.56. The predicted molar refractivity (Wildman–Crippen MR) is 87.3 cm³/mol. The van der Waals surface area contributed by atoms with Gasteiger partial charge in [0.1, 0.15) is 11.9 Å². The van der Waals surface area contributed by atoms with Gasteiger partial charge in [-0.3, -0.25) is 14.2 Å². The van der Waals surface area contributed by atoms with Crippen LogP contribution in [-0.4, -0.2) is 16.4 Å². The zero-order valence-corrected chi connectivity index (χ0v) is 12.7. The van der Waals surface area contributed by atoms with Gasteiger partial charge < -0.3 is 5.32 Å². The van der Waals surface area contributed by atoms with Crippen LogP contribution in [-0.2, 0) is 0 Å². The van der Waals surface area contributed by atoms with Crippen molar-refractivity contribution in [2.24, 2.45) is 0 Å². The molecule has 1 amide bonds. The smallest absolute Gasteiger partial charge is 0.257 e. The number of halogens is 1. The number of nitriles is 1. The fourth-order valence-corrected chi connectivity index (χ4v) is 2.52. The first-order valence-corrected chi connectivity index (χ1v) is 7.13. The highest BCUT2D eigenvalue weighted by atomic mass is 19.1. The first-order valence-electron chi connectivity index (χ1n) is 7.13. The minimum atomic E-state index is -0.520. The highest BCUT2D eigenvalue weighted by molar-refractivity contribution is 6.14. The second-order valence-corrected chi connectivity index (χ2v) is 5.20. The van der Waals surface area contributed by atoms with Crippen molar-refractivity contribution < 1.29 is 14.0 Å². The number of aromatic nitrogens is 1. The van der Waals surface area contributed by atoms with Crippen LogP contribution in [0.2, 0.25) is 0 Å². The average Bonchev–Trinajstić information content (AvgIpc) is 2.94. The second-order valence-electron chi connectivity index (χ2n) is 5.20. The summed E-state index contributed by atoms with van der Waals surface area (Å²) in [7, 11) is 0. The van der Waals surface area contributed by atoms with E-state index in [-0.39, 0.29) is 11.5 Å². The van der Waals surface area contributed by atoms with Gasteiger partial charge in [-0.25, -0.2) is 4.39 Å². The minimum Gasteiger partial charge on any atom is -0.321 e. The summed E-state index contributed by atoms with van der Waals surface area (Å²) in [5.41, 5.74) is 1.27. The number of carbonyl (C=O) groups excluding carboxylic acids is 2. The van der Waals surface area contributed by atoms with Crippen molar-refractivity contribution in [1.82, 2.24) is 4.57 Å². The molecule has 0 aliphatic rings. The van der Waals surface area contributed by atoms with Crippen LogP contribution in [0.25, 0.3) is 10.9 Å². The van der Waals surface area contributed by atoms with Crippen molar-refractivity contribution in [1.29, 1.82) is 5.26 Å². The number of anilines is 1. The number of nitrogens with one attached hydrogen (secondary N) is 1. The fraction of sp³-hybridized carbons (Fsp3) is 0.0556. The molecule has 2 aromatic carbocycles. The van der Waals surface area contributed by atoms with Gasteiger partial charge in [0.15, 0.2) is 0 Å². The third-order valence-electron chi connectivity index (χ3n) is 3.65. The van der Waals surface area contributed by atoms with E-state index in [9.17, 15) is 14.0 Å². The SMILES string of the molecule is CC(=O)n1cc(C(=O)Nc2ccccc2C#N)c2cc(F)ccc21. The molecule has 6 heteroatoms. The van der Waals surface area contributed by atoms with E-state index < -0.39 is 11.7 Å². The first kappa shape index (κ1) is 15.4. The monoisotopic (exact) mass is 321 g/mol. The zero-order valence-electron chi connectivity index (χ0n) is 12.7. The molecule has 0 radical (unpaired) electrons. The van der Waals surface area contributed by atoms with Crippen LogP contribution in [0.5, 0.6) is 0 Å². The van der Waals surface area contributed by atoms with Gasteiger partial charge in [-0.15, -0.1) is 0 Å². The summed E-state index contributed by atoms with van der Waals surface area (Å²) >= 11 is 0. The number of amides is 1. The lowest BCUT2D eigenvalue weighted by molar-refractivity contribution is 0.0941. The van der Waals surface area contributed by atoms with Crippen molar-refractivity contribution in [2.75, 3.05) is 5.32 Å². The molecular formula is C18H12FN3O2. The van der Waals surface area contributed by atoms with Gasteiger partial charge >= 0.3 is 0 Å².